The highest BCUT2D eigenvalue weighted by Crippen LogP contribution is 2.34. The van der Waals surface area contributed by atoms with Gasteiger partial charge in [-0.15, -0.1) is 0 Å². The van der Waals surface area contributed by atoms with Crippen LogP contribution in [0, 0.1) is 5.82 Å². The molecule has 0 heterocycles. The van der Waals surface area contributed by atoms with E-state index in [4.69, 9.17) is 0 Å². The van der Waals surface area contributed by atoms with Gasteiger partial charge in [0, 0.05) is 6.04 Å². The van der Waals surface area contributed by atoms with Crippen molar-refractivity contribution < 1.29 is 8.60 Å². The molecule has 2 rings (SSSR count). The summed E-state index contributed by atoms with van der Waals surface area (Å²) >= 11 is 0. The number of rotatable bonds is 3. The third-order valence-electron chi connectivity index (χ3n) is 3.35. The van der Waals surface area contributed by atoms with Gasteiger partial charge in [-0.25, -0.2) is 13.3 Å². The predicted molar refractivity (Wildman–Crippen MR) is 78.6 cm³/mol. The van der Waals surface area contributed by atoms with Gasteiger partial charge in [0.05, 0.1) is 15.7 Å². The zero-order valence-electron chi connectivity index (χ0n) is 11.6. The molecule has 19 heavy (non-hydrogen) atoms. The van der Waals surface area contributed by atoms with Crippen molar-refractivity contribution >= 4 is 17.1 Å². The summed E-state index contributed by atoms with van der Waals surface area (Å²) in [4.78, 5) is 0. The summed E-state index contributed by atoms with van der Waals surface area (Å²) in [6.45, 7) is 9.45. The largest absolute Gasteiger partial charge is 0.242 e. The quantitative estimate of drug-likeness (QED) is 0.902. The van der Waals surface area contributed by atoms with E-state index < -0.39 is 11.0 Å². The van der Waals surface area contributed by atoms with Gasteiger partial charge in [0.25, 0.3) is 0 Å². The van der Waals surface area contributed by atoms with E-state index >= 15 is 0 Å². The second-order valence-corrected chi connectivity index (χ2v) is 7.86. The molecule has 0 aromatic heterocycles. The molecule has 1 aliphatic carbocycles. The monoisotopic (exact) mass is 281 g/mol. The zero-order valence-corrected chi connectivity index (χ0v) is 12.4. The SMILES string of the molecule is C=Cc1cc(F)c2c(c1)[C@H](NS(=O)C(C)(C)C)CC2. The number of halogens is 1. The highest BCUT2D eigenvalue weighted by atomic mass is 32.2. The van der Waals surface area contributed by atoms with Gasteiger partial charge in [-0.2, -0.15) is 0 Å². The third-order valence-corrected chi connectivity index (χ3v) is 4.96. The Morgan fingerprint density at radius 1 is 1.47 bits per heavy atom. The van der Waals surface area contributed by atoms with Crippen LogP contribution in [0.5, 0.6) is 0 Å². The van der Waals surface area contributed by atoms with Crippen LogP contribution in [0.1, 0.15) is 49.9 Å². The van der Waals surface area contributed by atoms with Gasteiger partial charge in [0.2, 0.25) is 0 Å². The molecule has 0 bridgehead atoms. The molecule has 1 aromatic carbocycles. The summed E-state index contributed by atoms with van der Waals surface area (Å²) in [6, 6.07) is 3.41. The molecule has 0 saturated carbocycles. The second-order valence-electron chi connectivity index (χ2n) is 5.86. The van der Waals surface area contributed by atoms with Gasteiger partial charge in [-0.1, -0.05) is 12.7 Å². The first-order valence-electron chi connectivity index (χ1n) is 6.45. The summed E-state index contributed by atoms with van der Waals surface area (Å²) in [5.41, 5.74) is 2.44. The first-order chi connectivity index (χ1) is 8.82. The lowest BCUT2D eigenvalue weighted by Gasteiger charge is -2.22. The Labute approximate surface area is 116 Å². The molecule has 1 unspecified atom stereocenters. The number of benzene rings is 1. The fraction of sp³-hybridized carbons (Fsp3) is 0.467. The van der Waals surface area contributed by atoms with E-state index in [1.807, 2.05) is 26.8 Å². The van der Waals surface area contributed by atoms with Gasteiger partial charge in [-0.05, 0) is 62.4 Å². The van der Waals surface area contributed by atoms with E-state index in [1.54, 1.807) is 6.08 Å². The maximum absolute atomic E-state index is 13.9. The lowest BCUT2D eigenvalue weighted by atomic mass is 10.0. The van der Waals surface area contributed by atoms with Crippen LogP contribution >= 0.6 is 0 Å². The van der Waals surface area contributed by atoms with Gasteiger partial charge in [-0.3, -0.25) is 0 Å². The normalized spacial score (nSPS) is 20.1. The molecule has 0 fully saturated rings. The van der Waals surface area contributed by atoms with Crippen LogP contribution in [-0.4, -0.2) is 8.96 Å². The van der Waals surface area contributed by atoms with Crippen LogP contribution in [0.25, 0.3) is 6.08 Å². The van der Waals surface area contributed by atoms with Crippen molar-refractivity contribution in [1.82, 2.24) is 4.72 Å². The van der Waals surface area contributed by atoms with Crippen molar-refractivity contribution in [3.05, 3.63) is 41.2 Å². The maximum Gasteiger partial charge on any atom is 0.127 e. The Kier molecular flexibility index (Phi) is 3.92. The van der Waals surface area contributed by atoms with Gasteiger partial charge >= 0.3 is 0 Å². The predicted octanol–water partition coefficient (Wildman–Crippen LogP) is 3.51. The molecule has 0 amide bonds. The summed E-state index contributed by atoms with van der Waals surface area (Å²) in [5.74, 6) is -0.182. The molecule has 0 aliphatic heterocycles. The molecule has 2 atom stereocenters. The summed E-state index contributed by atoms with van der Waals surface area (Å²) in [7, 11) is -1.15. The molecule has 1 aromatic rings. The minimum atomic E-state index is -1.15. The molecular weight excluding hydrogens is 261 g/mol. The van der Waals surface area contributed by atoms with Crippen molar-refractivity contribution in [3.8, 4) is 0 Å². The van der Waals surface area contributed by atoms with Crippen LogP contribution in [-0.2, 0) is 17.4 Å². The zero-order chi connectivity index (χ0) is 14.2. The van der Waals surface area contributed by atoms with Crippen molar-refractivity contribution in [1.29, 1.82) is 0 Å². The number of hydrogen-bond acceptors (Lipinski definition) is 1. The van der Waals surface area contributed by atoms with Gasteiger partial charge in [0.1, 0.15) is 5.82 Å². The average molecular weight is 281 g/mol. The molecule has 0 saturated heterocycles. The summed E-state index contributed by atoms with van der Waals surface area (Å²) < 4.78 is 28.9. The second kappa shape index (κ2) is 5.17. The number of fused-ring (bicyclic) bond motifs is 1. The molecule has 1 N–H and O–H groups in total. The van der Waals surface area contributed by atoms with E-state index in [1.165, 1.54) is 6.07 Å². The van der Waals surface area contributed by atoms with Crippen LogP contribution in [0.2, 0.25) is 0 Å². The minimum Gasteiger partial charge on any atom is -0.242 e. The van der Waals surface area contributed by atoms with E-state index in [2.05, 4.69) is 11.3 Å². The Bertz CT molecular complexity index is 534. The van der Waals surface area contributed by atoms with Crippen LogP contribution in [0.15, 0.2) is 18.7 Å². The fourth-order valence-electron chi connectivity index (χ4n) is 2.24. The summed E-state index contributed by atoms with van der Waals surface area (Å²) in [5, 5.41) is 0. The average Bonchev–Trinajstić information content (AvgIpc) is 2.71. The first kappa shape index (κ1) is 14.4. The standard InChI is InChI=1S/C15H20FNOS/c1-5-10-8-12-11(13(16)9-10)6-7-14(12)17-19(18)15(2,3)4/h5,8-9,14,17H,1,6-7H2,2-4H3/t14-,19?/m1/s1. The van der Waals surface area contributed by atoms with E-state index in [-0.39, 0.29) is 16.6 Å². The molecule has 2 nitrogen and oxygen atoms in total. The van der Waals surface area contributed by atoms with Crippen molar-refractivity contribution in [2.75, 3.05) is 0 Å². The lowest BCUT2D eigenvalue weighted by molar-refractivity contribution is 0.595. The topological polar surface area (TPSA) is 29.1 Å². The van der Waals surface area contributed by atoms with Crippen molar-refractivity contribution in [3.63, 3.8) is 0 Å². The molecule has 0 radical (unpaired) electrons. The van der Waals surface area contributed by atoms with Gasteiger partial charge < -0.3 is 0 Å². The molecular formula is C15H20FNOS. The molecule has 104 valence electrons. The van der Waals surface area contributed by atoms with E-state index in [9.17, 15) is 8.60 Å². The van der Waals surface area contributed by atoms with E-state index in [0.717, 1.165) is 23.1 Å². The Morgan fingerprint density at radius 3 is 2.74 bits per heavy atom. The van der Waals surface area contributed by atoms with Gasteiger partial charge in [0.15, 0.2) is 0 Å². The highest BCUT2D eigenvalue weighted by Gasteiger charge is 2.29. The highest BCUT2D eigenvalue weighted by molar-refractivity contribution is 7.84. The van der Waals surface area contributed by atoms with Crippen molar-refractivity contribution in [2.24, 2.45) is 0 Å². The lowest BCUT2D eigenvalue weighted by Crippen LogP contribution is -2.35. The van der Waals surface area contributed by atoms with Crippen molar-refractivity contribution in [2.45, 2.75) is 44.4 Å². The number of hydrogen-bond donors (Lipinski definition) is 1. The Balaban J connectivity index is 2.29. The molecule has 4 heteroatoms. The first-order valence-corrected chi connectivity index (χ1v) is 7.60. The van der Waals surface area contributed by atoms with Crippen LogP contribution < -0.4 is 4.72 Å². The number of nitrogens with one attached hydrogen (secondary N) is 1. The molecule has 1 aliphatic rings. The Hall–Kier alpha value is -1.00. The Morgan fingerprint density at radius 2 is 2.16 bits per heavy atom. The van der Waals surface area contributed by atoms with Crippen LogP contribution in [0.4, 0.5) is 4.39 Å². The minimum absolute atomic E-state index is 0.0375. The molecule has 0 spiro atoms. The maximum atomic E-state index is 13.9. The smallest absolute Gasteiger partial charge is 0.127 e. The summed E-state index contributed by atoms with van der Waals surface area (Å²) in [6.07, 6.45) is 3.12. The van der Waals surface area contributed by atoms with Crippen LogP contribution in [0.3, 0.4) is 0 Å². The third kappa shape index (κ3) is 2.95. The fourth-order valence-corrected chi connectivity index (χ4v) is 3.10. The van der Waals surface area contributed by atoms with E-state index in [0.29, 0.717) is 6.42 Å².